The molecular formula is C16H22N2O3S. The summed E-state index contributed by atoms with van der Waals surface area (Å²) in [6.07, 6.45) is 3.67. The van der Waals surface area contributed by atoms with E-state index in [1.54, 1.807) is 12.1 Å². The topological polar surface area (TPSA) is 57.7 Å². The van der Waals surface area contributed by atoms with Gasteiger partial charge in [-0.15, -0.1) is 0 Å². The fraction of sp³-hybridized carbons (Fsp3) is 0.562. The van der Waals surface area contributed by atoms with Crippen molar-refractivity contribution in [3.8, 4) is 0 Å². The van der Waals surface area contributed by atoms with Crippen LogP contribution >= 0.6 is 0 Å². The summed E-state index contributed by atoms with van der Waals surface area (Å²) in [7, 11) is -3.25. The zero-order chi connectivity index (χ0) is 15.7. The molecule has 0 spiro atoms. The Morgan fingerprint density at radius 3 is 2.41 bits per heavy atom. The quantitative estimate of drug-likeness (QED) is 0.838. The van der Waals surface area contributed by atoms with Crippen molar-refractivity contribution in [2.75, 3.05) is 29.7 Å². The molecule has 0 radical (unpaired) electrons. The van der Waals surface area contributed by atoms with Crippen molar-refractivity contribution in [2.45, 2.75) is 32.6 Å². The second-order valence-corrected chi connectivity index (χ2v) is 8.11. The Labute approximate surface area is 132 Å². The van der Waals surface area contributed by atoms with Crippen LogP contribution in [0.25, 0.3) is 0 Å². The standard InChI is InChI=1S/C16H22N2O3S/c1-13-6-7-14(16(19)17-8-2-3-9-17)12-15(13)18-10-4-5-11-22(18,20)21/h6-7,12H,2-5,8-11H2,1H3. The van der Waals surface area contributed by atoms with Gasteiger partial charge < -0.3 is 4.90 Å². The largest absolute Gasteiger partial charge is 0.339 e. The third-order valence-corrected chi connectivity index (χ3v) is 6.32. The highest BCUT2D eigenvalue weighted by Gasteiger charge is 2.28. The van der Waals surface area contributed by atoms with Crippen LogP contribution in [0.4, 0.5) is 5.69 Å². The molecular weight excluding hydrogens is 300 g/mol. The van der Waals surface area contributed by atoms with Crippen LogP contribution in [0, 0.1) is 6.92 Å². The molecule has 2 fully saturated rings. The van der Waals surface area contributed by atoms with Crippen LogP contribution in [0.15, 0.2) is 18.2 Å². The number of hydrogen-bond acceptors (Lipinski definition) is 3. The Kier molecular flexibility index (Phi) is 4.12. The SMILES string of the molecule is Cc1ccc(C(=O)N2CCCC2)cc1N1CCCCS1(=O)=O. The fourth-order valence-electron chi connectivity index (χ4n) is 3.17. The number of benzene rings is 1. The van der Waals surface area contributed by atoms with Gasteiger partial charge in [-0.05, 0) is 50.3 Å². The third kappa shape index (κ3) is 2.84. The number of rotatable bonds is 2. The van der Waals surface area contributed by atoms with E-state index >= 15 is 0 Å². The average Bonchev–Trinajstić information content (AvgIpc) is 3.01. The first-order valence-corrected chi connectivity index (χ1v) is 9.50. The summed E-state index contributed by atoms with van der Waals surface area (Å²) < 4.78 is 26.1. The maximum absolute atomic E-state index is 12.5. The number of likely N-dealkylation sites (tertiary alicyclic amines) is 1. The minimum Gasteiger partial charge on any atom is -0.339 e. The van der Waals surface area contributed by atoms with Gasteiger partial charge in [0.2, 0.25) is 10.0 Å². The summed E-state index contributed by atoms with van der Waals surface area (Å²) in [4.78, 5) is 14.4. The van der Waals surface area contributed by atoms with E-state index in [0.29, 0.717) is 24.2 Å². The number of anilines is 1. The van der Waals surface area contributed by atoms with Gasteiger partial charge in [0.15, 0.2) is 0 Å². The molecule has 0 aliphatic carbocycles. The zero-order valence-electron chi connectivity index (χ0n) is 12.9. The minimum absolute atomic E-state index is 0.00755. The molecule has 0 atom stereocenters. The molecule has 22 heavy (non-hydrogen) atoms. The summed E-state index contributed by atoms with van der Waals surface area (Å²) in [5.41, 5.74) is 2.14. The van der Waals surface area contributed by atoms with Crippen molar-refractivity contribution in [1.29, 1.82) is 0 Å². The maximum atomic E-state index is 12.5. The van der Waals surface area contributed by atoms with Gasteiger partial charge in [-0.2, -0.15) is 0 Å². The normalized spacial score (nSPS) is 21.1. The predicted octanol–water partition coefficient (Wildman–Crippen LogP) is 2.16. The first-order valence-electron chi connectivity index (χ1n) is 7.89. The highest BCUT2D eigenvalue weighted by molar-refractivity contribution is 7.92. The summed E-state index contributed by atoms with van der Waals surface area (Å²) in [5.74, 6) is 0.199. The van der Waals surface area contributed by atoms with E-state index in [4.69, 9.17) is 0 Å². The van der Waals surface area contributed by atoms with Crippen LogP contribution in [0.2, 0.25) is 0 Å². The molecule has 0 unspecified atom stereocenters. The second-order valence-electron chi connectivity index (χ2n) is 6.10. The Balaban J connectivity index is 1.94. The highest BCUT2D eigenvalue weighted by atomic mass is 32.2. The third-order valence-electron chi connectivity index (χ3n) is 4.47. The molecule has 1 aromatic rings. The maximum Gasteiger partial charge on any atom is 0.253 e. The van der Waals surface area contributed by atoms with E-state index in [9.17, 15) is 13.2 Å². The molecule has 3 rings (SSSR count). The molecule has 0 bridgehead atoms. The molecule has 1 amide bonds. The predicted molar refractivity (Wildman–Crippen MR) is 86.7 cm³/mol. The van der Waals surface area contributed by atoms with Crippen molar-refractivity contribution in [1.82, 2.24) is 4.90 Å². The van der Waals surface area contributed by atoms with Gasteiger partial charge >= 0.3 is 0 Å². The Morgan fingerprint density at radius 2 is 1.73 bits per heavy atom. The Morgan fingerprint density at radius 1 is 1.05 bits per heavy atom. The Hall–Kier alpha value is -1.56. The lowest BCUT2D eigenvalue weighted by Gasteiger charge is -2.30. The summed E-state index contributed by atoms with van der Waals surface area (Å²) in [6.45, 7) is 3.99. The number of carbonyl (C=O) groups excluding carboxylic acids is 1. The van der Waals surface area contributed by atoms with Crippen LogP contribution in [-0.2, 0) is 10.0 Å². The second kappa shape index (κ2) is 5.91. The van der Waals surface area contributed by atoms with Gasteiger partial charge in [-0.25, -0.2) is 8.42 Å². The lowest BCUT2D eigenvalue weighted by Crippen LogP contribution is -2.38. The van der Waals surface area contributed by atoms with Crippen LogP contribution in [0.1, 0.15) is 41.6 Å². The first kappa shape index (κ1) is 15.3. The van der Waals surface area contributed by atoms with Gasteiger partial charge in [0.25, 0.3) is 5.91 Å². The van der Waals surface area contributed by atoms with Gasteiger partial charge in [0.05, 0.1) is 11.4 Å². The molecule has 2 saturated heterocycles. The molecule has 2 aliphatic rings. The van der Waals surface area contributed by atoms with Crippen molar-refractivity contribution in [3.05, 3.63) is 29.3 Å². The van der Waals surface area contributed by atoms with E-state index in [2.05, 4.69) is 0 Å². The van der Waals surface area contributed by atoms with Gasteiger partial charge in [0.1, 0.15) is 0 Å². The monoisotopic (exact) mass is 322 g/mol. The van der Waals surface area contributed by atoms with Crippen molar-refractivity contribution >= 4 is 21.6 Å². The summed E-state index contributed by atoms with van der Waals surface area (Å²) >= 11 is 0. The Bertz CT molecular complexity index is 679. The summed E-state index contributed by atoms with van der Waals surface area (Å²) in [5, 5.41) is 0. The molecule has 1 aromatic carbocycles. The van der Waals surface area contributed by atoms with E-state index < -0.39 is 10.0 Å². The zero-order valence-corrected chi connectivity index (χ0v) is 13.7. The van der Waals surface area contributed by atoms with E-state index in [1.807, 2.05) is 17.9 Å². The van der Waals surface area contributed by atoms with Crippen LogP contribution < -0.4 is 4.31 Å². The molecule has 0 aromatic heterocycles. The minimum atomic E-state index is -3.25. The average molecular weight is 322 g/mol. The van der Waals surface area contributed by atoms with Crippen LogP contribution in [-0.4, -0.2) is 44.6 Å². The van der Waals surface area contributed by atoms with Gasteiger partial charge in [-0.3, -0.25) is 9.10 Å². The first-order chi connectivity index (χ1) is 10.5. The van der Waals surface area contributed by atoms with Gasteiger partial charge in [0, 0.05) is 25.2 Å². The van der Waals surface area contributed by atoms with Crippen LogP contribution in [0.5, 0.6) is 0 Å². The van der Waals surface area contributed by atoms with E-state index in [0.717, 1.165) is 37.9 Å². The number of hydrogen-bond donors (Lipinski definition) is 0. The lowest BCUT2D eigenvalue weighted by molar-refractivity contribution is 0.0793. The molecule has 0 saturated carbocycles. The lowest BCUT2D eigenvalue weighted by atomic mass is 10.1. The van der Waals surface area contributed by atoms with E-state index in [1.165, 1.54) is 4.31 Å². The number of amides is 1. The molecule has 6 heteroatoms. The van der Waals surface area contributed by atoms with Gasteiger partial charge in [-0.1, -0.05) is 6.07 Å². The highest BCUT2D eigenvalue weighted by Crippen LogP contribution is 2.28. The van der Waals surface area contributed by atoms with E-state index in [-0.39, 0.29) is 11.7 Å². The molecule has 5 nitrogen and oxygen atoms in total. The van der Waals surface area contributed by atoms with Crippen molar-refractivity contribution < 1.29 is 13.2 Å². The molecule has 120 valence electrons. The van der Waals surface area contributed by atoms with Crippen molar-refractivity contribution in [2.24, 2.45) is 0 Å². The summed E-state index contributed by atoms with van der Waals surface area (Å²) in [6, 6.07) is 5.40. The fourth-order valence-corrected chi connectivity index (χ4v) is 4.87. The van der Waals surface area contributed by atoms with Crippen LogP contribution in [0.3, 0.4) is 0 Å². The van der Waals surface area contributed by atoms with Crippen molar-refractivity contribution in [3.63, 3.8) is 0 Å². The number of aryl methyl sites for hydroxylation is 1. The molecule has 2 aliphatic heterocycles. The number of carbonyl (C=O) groups is 1. The molecule has 0 N–H and O–H groups in total. The number of nitrogens with zero attached hydrogens (tertiary/aromatic N) is 2. The molecule has 2 heterocycles. The smallest absolute Gasteiger partial charge is 0.253 e. The number of sulfonamides is 1.